The molecule has 1 saturated carbocycles. The second-order valence-electron chi connectivity index (χ2n) is 7.01. The molecule has 2 heterocycles. The van der Waals surface area contributed by atoms with Crippen LogP contribution in [0.2, 0.25) is 0 Å². The first kappa shape index (κ1) is 20.0. The highest BCUT2D eigenvalue weighted by Gasteiger charge is 2.51. The van der Waals surface area contributed by atoms with E-state index in [-0.39, 0.29) is 5.91 Å². The number of thiophene rings is 1. The fourth-order valence-electron chi connectivity index (χ4n) is 3.38. The molecule has 1 aliphatic heterocycles. The van der Waals surface area contributed by atoms with Gasteiger partial charge in [0, 0.05) is 22.4 Å². The van der Waals surface area contributed by atoms with Crippen molar-refractivity contribution in [1.29, 1.82) is 0 Å². The maximum absolute atomic E-state index is 12.8. The van der Waals surface area contributed by atoms with Crippen molar-refractivity contribution in [2.45, 2.75) is 29.0 Å². The number of halogens is 1. The molecule has 1 aromatic carbocycles. The summed E-state index contributed by atoms with van der Waals surface area (Å²) in [7, 11) is -3.49. The van der Waals surface area contributed by atoms with E-state index in [4.69, 9.17) is 4.74 Å². The van der Waals surface area contributed by atoms with Gasteiger partial charge in [0.1, 0.15) is 4.21 Å². The van der Waals surface area contributed by atoms with Gasteiger partial charge in [0.25, 0.3) is 10.0 Å². The molecule has 2 aliphatic rings. The van der Waals surface area contributed by atoms with Gasteiger partial charge in [-0.15, -0.1) is 11.3 Å². The van der Waals surface area contributed by atoms with Gasteiger partial charge >= 0.3 is 0 Å². The SMILES string of the molecule is O=C(NCc1ccc(S(=O)(=O)N2CCOCC2)s1)C1(c2ccc(Br)cc2)CC1. The summed E-state index contributed by atoms with van der Waals surface area (Å²) in [5.74, 6) is 0.000749. The number of carbonyl (C=O) groups is 1. The van der Waals surface area contributed by atoms with E-state index < -0.39 is 15.4 Å². The minimum Gasteiger partial charge on any atom is -0.379 e. The van der Waals surface area contributed by atoms with Crippen LogP contribution in [0.1, 0.15) is 23.3 Å². The summed E-state index contributed by atoms with van der Waals surface area (Å²) in [4.78, 5) is 13.6. The third-order valence-electron chi connectivity index (χ3n) is 5.21. The zero-order valence-electron chi connectivity index (χ0n) is 15.2. The first-order valence-electron chi connectivity index (χ1n) is 9.13. The third-order valence-corrected chi connectivity index (χ3v) is 9.19. The van der Waals surface area contributed by atoms with E-state index in [2.05, 4.69) is 21.2 Å². The number of nitrogens with zero attached hydrogens (tertiary/aromatic N) is 1. The van der Waals surface area contributed by atoms with Crippen molar-refractivity contribution < 1.29 is 17.9 Å². The molecule has 4 rings (SSSR count). The summed E-state index contributed by atoms with van der Waals surface area (Å²) < 4.78 is 33.4. The van der Waals surface area contributed by atoms with Gasteiger partial charge in [-0.2, -0.15) is 4.31 Å². The van der Waals surface area contributed by atoms with E-state index in [9.17, 15) is 13.2 Å². The average Bonchev–Trinajstić information content (AvgIpc) is 3.37. The van der Waals surface area contributed by atoms with Gasteiger partial charge in [-0.3, -0.25) is 4.79 Å². The number of sulfonamides is 1. The Kier molecular flexibility index (Phi) is 5.63. The summed E-state index contributed by atoms with van der Waals surface area (Å²) in [5.41, 5.74) is 0.579. The predicted molar refractivity (Wildman–Crippen MR) is 111 cm³/mol. The summed E-state index contributed by atoms with van der Waals surface area (Å²) in [6.07, 6.45) is 1.67. The van der Waals surface area contributed by atoms with Crippen molar-refractivity contribution >= 4 is 43.2 Å². The summed E-state index contributed by atoms with van der Waals surface area (Å²) in [6, 6.07) is 11.3. The molecule has 0 atom stereocenters. The molecule has 150 valence electrons. The zero-order chi connectivity index (χ0) is 19.8. The van der Waals surface area contributed by atoms with E-state index in [1.54, 1.807) is 12.1 Å². The van der Waals surface area contributed by atoms with Crippen LogP contribution in [0.4, 0.5) is 0 Å². The van der Waals surface area contributed by atoms with Crippen LogP contribution in [0.15, 0.2) is 45.1 Å². The minimum atomic E-state index is -3.49. The van der Waals surface area contributed by atoms with E-state index in [1.165, 1.54) is 15.6 Å². The monoisotopic (exact) mass is 484 g/mol. The Morgan fingerprint density at radius 3 is 2.46 bits per heavy atom. The van der Waals surface area contributed by atoms with E-state index in [0.717, 1.165) is 27.8 Å². The van der Waals surface area contributed by atoms with E-state index in [1.807, 2.05) is 24.3 Å². The van der Waals surface area contributed by atoms with Crippen LogP contribution in [0.5, 0.6) is 0 Å². The van der Waals surface area contributed by atoms with Crippen LogP contribution >= 0.6 is 27.3 Å². The molecule has 1 aliphatic carbocycles. The van der Waals surface area contributed by atoms with Crippen molar-refractivity contribution in [3.8, 4) is 0 Å². The van der Waals surface area contributed by atoms with Gasteiger partial charge in [-0.25, -0.2) is 8.42 Å². The molecular formula is C19H21BrN2O4S2. The molecule has 2 fully saturated rings. The molecule has 0 unspecified atom stereocenters. The molecule has 9 heteroatoms. The molecule has 0 bridgehead atoms. The fraction of sp³-hybridized carbons (Fsp3) is 0.421. The number of hydrogen-bond acceptors (Lipinski definition) is 5. The number of amides is 1. The largest absolute Gasteiger partial charge is 0.379 e. The van der Waals surface area contributed by atoms with Gasteiger partial charge in [-0.05, 0) is 42.7 Å². The highest BCUT2D eigenvalue weighted by atomic mass is 79.9. The number of benzene rings is 1. The van der Waals surface area contributed by atoms with Crippen molar-refractivity contribution in [1.82, 2.24) is 9.62 Å². The summed E-state index contributed by atoms with van der Waals surface area (Å²) >= 11 is 4.63. The van der Waals surface area contributed by atoms with Crippen molar-refractivity contribution in [2.75, 3.05) is 26.3 Å². The topological polar surface area (TPSA) is 75.7 Å². The van der Waals surface area contributed by atoms with Crippen LogP contribution in [0.25, 0.3) is 0 Å². The molecule has 1 N–H and O–H groups in total. The standard InChI is InChI=1S/C19H21BrN2O4S2/c20-15-3-1-14(2-4-15)19(7-8-19)18(23)21-13-16-5-6-17(27-16)28(24,25)22-9-11-26-12-10-22/h1-6H,7-13H2,(H,21,23). The molecule has 1 amide bonds. The number of morpholine rings is 1. The Labute approximate surface area is 177 Å². The molecule has 1 saturated heterocycles. The van der Waals surface area contributed by atoms with Gasteiger partial charge in [0.15, 0.2) is 0 Å². The highest BCUT2D eigenvalue weighted by molar-refractivity contribution is 9.10. The molecule has 0 spiro atoms. The normalized spacial score (nSPS) is 19.3. The van der Waals surface area contributed by atoms with Crippen LogP contribution in [-0.4, -0.2) is 44.9 Å². The second-order valence-corrected chi connectivity index (χ2v) is 11.3. The lowest BCUT2D eigenvalue weighted by atomic mass is 9.95. The Hall–Kier alpha value is -1.26. The predicted octanol–water partition coefficient (Wildman–Crippen LogP) is 2.88. The first-order valence-corrected chi connectivity index (χ1v) is 12.2. The number of carbonyl (C=O) groups excluding carboxylic acids is 1. The first-order chi connectivity index (χ1) is 13.4. The molecular weight excluding hydrogens is 464 g/mol. The van der Waals surface area contributed by atoms with Gasteiger partial charge < -0.3 is 10.1 Å². The maximum Gasteiger partial charge on any atom is 0.252 e. The van der Waals surface area contributed by atoms with E-state index in [0.29, 0.717) is 37.1 Å². The van der Waals surface area contributed by atoms with Crippen LogP contribution < -0.4 is 5.32 Å². The molecule has 28 heavy (non-hydrogen) atoms. The quantitative estimate of drug-likeness (QED) is 0.683. The lowest BCUT2D eigenvalue weighted by Gasteiger charge is -2.25. The van der Waals surface area contributed by atoms with Gasteiger partial charge in [0.05, 0.1) is 25.2 Å². The van der Waals surface area contributed by atoms with Crippen LogP contribution in [0.3, 0.4) is 0 Å². The number of rotatable bonds is 6. The summed E-state index contributed by atoms with van der Waals surface area (Å²) in [6.45, 7) is 1.93. The Balaban J connectivity index is 1.41. The smallest absolute Gasteiger partial charge is 0.252 e. The lowest BCUT2D eigenvalue weighted by Crippen LogP contribution is -2.40. The Morgan fingerprint density at radius 2 is 1.82 bits per heavy atom. The Morgan fingerprint density at radius 1 is 1.14 bits per heavy atom. The lowest BCUT2D eigenvalue weighted by molar-refractivity contribution is -0.123. The van der Waals surface area contributed by atoms with Crippen molar-refractivity contribution in [2.24, 2.45) is 0 Å². The van der Waals surface area contributed by atoms with Crippen molar-refractivity contribution in [3.63, 3.8) is 0 Å². The second kappa shape index (κ2) is 7.87. The van der Waals surface area contributed by atoms with Gasteiger partial charge in [-0.1, -0.05) is 28.1 Å². The number of nitrogens with one attached hydrogen (secondary N) is 1. The van der Waals surface area contributed by atoms with E-state index >= 15 is 0 Å². The third kappa shape index (κ3) is 3.91. The average molecular weight is 485 g/mol. The molecule has 6 nitrogen and oxygen atoms in total. The van der Waals surface area contributed by atoms with Crippen molar-refractivity contribution in [3.05, 3.63) is 51.3 Å². The van der Waals surface area contributed by atoms with Gasteiger partial charge in [0.2, 0.25) is 5.91 Å². The van der Waals surface area contributed by atoms with Crippen LogP contribution in [-0.2, 0) is 31.5 Å². The fourth-order valence-corrected chi connectivity index (χ4v) is 6.51. The summed E-state index contributed by atoms with van der Waals surface area (Å²) in [5, 5.41) is 2.99. The molecule has 2 aromatic rings. The highest BCUT2D eigenvalue weighted by Crippen LogP contribution is 2.48. The molecule has 0 radical (unpaired) electrons. The minimum absolute atomic E-state index is 0.000749. The zero-order valence-corrected chi connectivity index (χ0v) is 18.4. The maximum atomic E-state index is 12.8. The molecule has 1 aromatic heterocycles. The number of ether oxygens (including phenoxy) is 1. The number of hydrogen-bond donors (Lipinski definition) is 1. The Bertz CT molecular complexity index is 962. The van der Waals surface area contributed by atoms with Crippen LogP contribution in [0, 0.1) is 0 Å².